The van der Waals surface area contributed by atoms with E-state index in [1.165, 1.54) is 0 Å². The summed E-state index contributed by atoms with van der Waals surface area (Å²) >= 11 is 0. The number of methoxy groups -OCH3 is 1. The first-order chi connectivity index (χ1) is 15.6. The Morgan fingerprint density at radius 2 is 2.19 bits per heavy atom. The molecule has 2 atom stereocenters. The first-order valence-electron chi connectivity index (χ1n) is 10.8. The van der Waals surface area contributed by atoms with Gasteiger partial charge in [-0.15, -0.1) is 0 Å². The van der Waals surface area contributed by atoms with E-state index < -0.39 is 6.10 Å². The van der Waals surface area contributed by atoms with Gasteiger partial charge in [-0.2, -0.15) is 0 Å². The molecule has 1 saturated heterocycles. The fourth-order valence-corrected chi connectivity index (χ4v) is 4.64. The van der Waals surface area contributed by atoms with Crippen molar-refractivity contribution in [3.63, 3.8) is 0 Å². The van der Waals surface area contributed by atoms with E-state index >= 15 is 0 Å². The largest absolute Gasteiger partial charge is 0.481 e. The molecule has 8 nitrogen and oxygen atoms in total. The molecule has 1 fully saturated rings. The van der Waals surface area contributed by atoms with E-state index in [0.717, 1.165) is 28.9 Å². The van der Waals surface area contributed by atoms with E-state index in [9.17, 15) is 9.90 Å². The lowest BCUT2D eigenvalue weighted by Gasteiger charge is -2.30. The summed E-state index contributed by atoms with van der Waals surface area (Å²) in [4.78, 5) is 24.6. The van der Waals surface area contributed by atoms with Crippen LogP contribution in [0.1, 0.15) is 29.2 Å². The Kier molecular flexibility index (Phi) is 5.40. The number of aliphatic hydroxyl groups is 1. The van der Waals surface area contributed by atoms with Crippen molar-refractivity contribution >= 4 is 22.7 Å². The molecule has 3 aromatic rings. The van der Waals surface area contributed by atoms with Gasteiger partial charge in [0.15, 0.2) is 0 Å². The number of hydrogen-bond donors (Lipinski definition) is 1. The number of likely N-dealkylation sites (N-methyl/N-ethyl adjacent to an activating group) is 1. The predicted molar refractivity (Wildman–Crippen MR) is 122 cm³/mol. The molecular formula is C24H26N4O4. The van der Waals surface area contributed by atoms with Crippen LogP contribution in [-0.4, -0.2) is 59.7 Å². The topological polar surface area (TPSA) is 89.7 Å². The second kappa shape index (κ2) is 8.37. The molecule has 2 aromatic heterocycles. The fourth-order valence-electron chi connectivity index (χ4n) is 4.64. The van der Waals surface area contributed by atoms with Crippen LogP contribution in [0, 0.1) is 0 Å². The van der Waals surface area contributed by atoms with Crippen molar-refractivity contribution < 1.29 is 14.6 Å². The quantitative estimate of drug-likeness (QED) is 0.673. The predicted octanol–water partition coefficient (Wildman–Crippen LogP) is 2.18. The van der Waals surface area contributed by atoms with Crippen molar-refractivity contribution in [1.82, 2.24) is 14.5 Å². The van der Waals surface area contributed by atoms with Gasteiger partial charge in [0.05, 0.1) is 43.3 Å². The third-order valence-corrected chi connectivity index (χ3v) is 6.27. The van der Waals surface area contributed by atoms with E-state index in [1.807, 2.05) is 25.2 Å². The molecule has 0 saturated carbocycles. The zero-order valence-electron chi connectivity index (χ0n) is 18.2. The van der Waals surface area contributed by atoms with Gasteiger partial charge in [0, 0.05) is 38.0 Å². The molecule has 32 heavy (non-hydrogen) atoms. The van der Waals surface area contributed by atoms with Crippen molar-refractivity contribution in [1.29, 1.82) is 0 Å². The summed E-state index contributed by atoms with van der Waals surface area (Å²) in [7, 11) is 3.61. The number of fused-ring (bicyclic) bond motifs is 3. The Morgan fingerprint density at radius 1 is 1.31 bits per heavy atom. The highest BCUT2D eigenvalue weighted by Crippen LogP contribution is 2.35. The Balaban J connectivity index is 1.68. The highest BCUT2D eigenvalue weighted by molar-refractivity contribution is 5.97. The van der Waals surface area contributed by atoms with Crippen LogP contribution in [0.2, 0.25) is 0 Å². The van der Waals surface area contributed by atoms with E-state index in [1.54, 1.807) is 24.2 Å². The number of aromatic nitrogens is 3. The maximum absolute atomic E-state index is 13.6. The number of benzene rings is 1. The Morgan fingerprint density at radius 3 is 3.00 bits per heavy atom. The van der Waals surface area contributed by atoms with Gasteiger partial charge in [-0.3, -0.25) is 9.36 Å². The van der Waals surface area contributed by atoms with Crippen molar-refractivity contribution in [2.75, 3.05) is 38.8 Å². The molecule has 0 spiro atoms. The highest BCUT2D eigenvalue weighted by Gasteiger charge is 2.28. The standard InChI is InChI=1S/C24H26N4O4/c1-27-8-3-4-17-16(10-15-5-7-25-21(11-15)31-2)12-18-22(23(17)27)26-14-28(24(18)30)19-6-9-32-13-20(19)29/h3-5,7,11-12,14,19-20,29H,6,8-10,13H2,1-2H3/t19-,20-/m0/s1. The number of anilines is 1. The normalized spacial score (nSPS) is 20.4. The summed E-state index contributed by atoms with van der Waals surface area (Å²) in [5, 5.41) is 11.0. The summed E-state index contributed by atoms with van der Waals surface area (Å²) in [6.07, 6.45) is 8.00. The number of ether oxygens (including phenoxy) is 2. The molecule has 2 aliphatic rings. The first kappa shape index (κ1) is 20.7. The van der Waals surface area contributed by atoms with Gasteiger partial charge in [0.1, 0.15) is 5.52 Å². The van der Waals surface area contributed by atoms with Crippen LogP contribution in [0.25, 0.3) is 17.0 Å². The molecule has 0 unspecified atom stereocenters. The summed E-state index contributed by atoms with van der Waals surface area (Å²) < 4.78 is 12.2. The average Bonchev–Trinajstić information content (AvgIpc) is 2.81. The Bertz CT molecular complexity index is 1250. The molecule has 0 amide bonds. The van der Waals surface area contributed by atoms with Gasteiger partial charge >= 0.3 is 0 Å². The third kappa shape index (κ3) is 3.55. The molecule has 5 rings (SSSR count). The zero-order chi connectivity index (χ0) is 22.2. The van der Waals surface area contributed by atoms with Crippen LogP contribution >= 0.6 is 0 Å². The lowest BCUT2D eigenvalue weighted by atomic mass is 9.94. The Hall–Kier alpha value is -3.23. The highest BCUT2D eigenvalue weighted by atomic mass is 16.5. The van der Waals surface area contributed by atoms with Crippen LogP contribution in [0.15, 0.2) is 41.6 Å². The third-order valence-electron chi connectivity index (χ3n) is 6.27. The zero-order valence-corrected chi connectivity index (χ0v) is 18.2. The van der Waals surface area contributed by atoms with Crippen LogP contribution in [-0.2, 0) is 11.2 Å². The number of hydrogen-bond acceptors (Lipinski definition) is 7. The minimum atomic E-state index is -0.729. The summed E-state index contributed by atoms with van der Waals surface area (Å²) in [6, 6.07) is 5.47. The van der Waals surface area contributed by atoms with E-state index in [4.69, 9.17) is 14.5 Å². The maximum atomic E-state index is 13.6. The Labute approximate surface area is 185 Å². The van der Waals surface area contributed by atoms with Gasteiger partial charge in [-0.05, 0) is 36.1 Å². The monoisotopic (exact) mass is 434 g/mol. The van der Waals surface area contributed by atoms with E-state index in [0.29, 0.717) is 36.2 Å². The number of pyridine rings is 1. The summed E-state index contributed by atoms with van der Waals surface area (Å²) in [5.74, 6) is 0.558. The SMILES string of the molecule is COc1cc(Cc2cc3c(=O)n([C@H]4CCOC[C@@H]4O)cnc3c3c2C=CCN3C)ccn1. The van der Waals surface area contributed by atoms with Crippen molar-refractivity contribution in [3.05, 3.63) is 63.8 Å². The first-order valence-corrected chi connectivity index (χ1v) is 10.8. The molecule has 8 heteroatoms. The average molecular weight is 434 g/mol. The molecule has 166 valence electrons. The summed E-state index contributed by atoms with van der Waals surface area (Å²) in [6.45, 7) is 1.49. The van der Waals surface area contributed by atoms with Crippen molar-refractivity contribution in [2.45, 2.75) is 25.0 Å². The van der Waals surface area contributed by atoms with Crippen molar-refractivity contribution in [2.24, 2.45) is 0 Å². The molecular weight excluding hydrogens is 408 g/mol. The van der Waals surface area contributed by atoms with Crippen LogP contribution in [0.5, 0.6) is 5.88 Å². The second-order valence-corrected chi connectivity index (χ2v) is 8.32. The van der Waals surface area contributed by atoms with E-state index in [2.05, 4.69) is 22.0 Å². The molecule has 1 aromatic carbocycles. The van der Waals surface area contributed by atoms with Gasteiger partial charge in [-0.25, -0.2) is 9.97 Å². The summed E-state index contributed by atoms with van der Waals surface area (Å²) in [5.41, 5.74) is 4.65. The minimum Gasteiger partial charge on any atom is -0.481 e. The minimum absolute atomic E-state index is 0.139. The number of rotatable bonds is 4. The molecule has 2 aliphatic heterocycles. The van der Waals surface area contributed by atoms with Gasteiger partial charge in [0.2, 0.25) is 5.88 Å². The van der Waals surface area contributed by atoms with Gasteiger partial charge in [0.25, 0.3) is 5.56 Å². The lowest BCUT2D eigenvalue weighted by molar-refractivity contribution is -0.0395. The van der Waals surface area contributed by atoms with Gasteiger partial charge < -0.3 is 19.5 Å². The van der Waals surface area contributed by atoms with Crippen LogP contribution in [0.3, 0.4) is 0 Å². The second-order valence-electron chi connectivity index (χ2n) is 8.32. The van der Waals surface area contributed by atoms with Crippen LogP contribution < -0.4 is 15.2 Å². The molecule has 0 bridgehead atoms. The number of aliphatic hydroxyl groups excluding tert-OH is 1. The molecule has 0 aliphatic carbocycles. The van der Waals surface area contributed by atoms with Crippen molar-refractivity contribution in [3.8, 4) is 5.88 Å². The van der Waals surface area contributed by atoms with E-state index in [-0.39, 0.29) is 18.2 Å². The maximum Gasteiger partial charge on any atom is 0.261 e. The smallest absolute Gasteiger partial charge is 0.261 e. The van der Waals surface area contributed by atoms with Gasteiger partial charge in [-0.1, -0.05) is 12.2 Å². The fraction of sp³-hybridized carbons (Fsp3) is 0.375. The molecule has 4 heterocycles. The molecule has 1 N–H and O–H groups in total. The van der Waals surface area contributed by atoms with Crippen LogP contribution in [0.4, 0.5) is 5.69 Å². The molecule has 0 radical (unpaired) electrons. The number of nitrogens with zero attached hydrogens (tertiary/aromatic N) is 4. The lowest BCUT2D eigenvalue weighted by Crippen LogP contribution is -2.39.